The van der Waals surface area contributed by atoms with E-state index in [4.69, 9.17) is 5.14 Å². The molecule has 0 saturated heterocycles. The largest absolute Gasteiger partial charge is 0.326 e. The first-order valence-corrected chi connectivity index (χ1v) is 12.1. The number of carbonyl (C=O) groups is 1. The summed E-state index contributed by atoms with van der Waals surface area (Å²) >= 11 is 0. The predicted octanol–water partition coefficient (Wildman–Crippen LogP) is 2.11. The number of benzene rings is 1. The molecule has 12 heteroatoms. The topological polar surface area (TPSA) is 150 Å². The number of nitrogens with two attached hydrogens (primary N) is 1. The van der Waals surface area contributed by atoms with Gasteiger partial charge in [-0.05, 0) is 61.5 Å². The third-order valence-corrected chi connectivity index (χ3v) is 6.16. The zero-order valence-electron chi connectivity index (χ0n) is 18.5. The van der Waals surface area contributed by atoms with Crippen LogP contribution in [0.15, 0.2) is 78.1 Å². The van der Waals surface area contributed by atoms with Gasteiger partial charge in [-0.3, -0.25) is 4.79 Å². The van der Waals surface area contributed by atoms with Gasteiger partial charge < -0.3 is 5.32 Å². The molecule has 11 nitrogen and oxygen atoms in total. The van der Waals surface area contributed by atoms with Crippen molar-refractivity contribution in [2.45, 2.75) is 18.2 Å². The van der Waals surface area contributed by atoms with E-state index in [1.165, 1.54) is 30.6 Å². The molecule has 5 rings (SSSR count). The number of carbonyl (C=O) groups excluding carboxylic acids is 1. The second-order valence-electron chi connectivity index (χ2n) is 7.84. The normalized spacial score (nSPS) is 11.6. The first-order valence-electron chi connectivity index (χ1n) is 10.5. The van der Waals surface area contributed by atoms with Crippen LogP contribution in [0.25, 0.3) is 22.7 Å². The summed E-state index contributed by atoms with van der Waals surface area (Å²) in [5.41, 5.74) is 4.07. The second kappa shape index (κ2) is 8.74. The van der Waals surface area contributed by atoms with Crippen molar-refractivity contribution in [3.63, 3.8) is 0 Å². The SMILES string of the molecule is Cc1cccc(-n2nc(CC(=O)Nc3ccc(S(N)(=O)=O)cc3)cc2-c2ccc3ncnn3c2)n1. The Kier molecular flexibility index (Phi) is 5.59. The van der Waals surface area contributed by atoms with Crippen LogP contribution in [0, 0.1) is 6.92 Å². The Morgan fingerprint density at radius 1 is 1.09 bits per heavy atom. The fourth-order valence-electron chi connectivity index (χ4n) is 3.61. The first kappa shape index (κ1) is 22.4. The van der Waals surface area contributed by atoms with E-state index in [9.17, 15) is 13.2 Å². The maximum atomic E-state index is 12.7. The van der Waals surface area contributed by atoms with Gasteiger partial charge in [-0.25, -0.2) is 32.7 Å². The summed E-state index contributed by atoms with van der Waals surface area (Å²) < 4.78 is 26.2. The molecule has 0 fully saturated rings. The molecule has 4 aromatic heterocycles. The third kappa shape index (κ3) is 4.78. The number of aryl methyl sites for hydroxylation is 1. The lowest BCUT2D eigenvalue weighted by Gasteiger charge is -2.07. The van der Waals surface area contributed by atoms with Crippen LogP contribution in [-0.4, -0.2) is 43.7 Å². The molecular formula is C23H20N8O3S. The van der Waals surface area contributed by atoms with E-state index in [1.807, 2.05) is 49.5 Å². The van der Waals surface area contributed by atoms with Gasteiger partial charge in [0.05, 0.1) is 22.7 Å². The van der Waals surface area contributed by atoms with Gasteiger partial charge in [-0.2, -0.15) is 10.2 Å². The van der Waals surface area contributed by atoms with Gasteiger partial charge in [-0.15, -0.1) is 0 Å². The van der Waals surface area contributed by atoms with E-state index in [0.29, 0.717) is 22.8 Å². The number of primary sulfonamides is 1. The standard InChI is InChI=1S/C23H20N8O3S/c1-15-3-2-4-22(27-15)31-20(16-5-10-21-25-14-26-30(21)13-16)11-18(29-31)12-23(32)28-17-6-8-19(9-7-17)35(24,33)34/h2-11,13-14H,12H2,1H3,(H,28,32)(H2,24,33,34). The Bertz CT molecular complexity index is 1660. The molecule has 0 atom stereocenters. The van der Waals surface area contributed by atoms with E-state index in [2.05, 4.69) is 25.5 Å². The molecule has 5 aromatic rings. The highest BCUT2D eigenvalue weighted by molar-refractivity contribution is 7.89. The number of fused-ring (bicyclic) bond motifs is 1. The van der Waals surface area contributed by atoms with Crippen LogP contribution in [-0.2, 0) is 21.2 Å². The number of rotatable bonds is 6. The van der Waals surface area contributed by atoms with Crippen LogP contribution in [0.3, 0.4) is 0 Å². The summed E-state index contributed by atoms with van der Waals surface area (Å²) in [5.74, 6) is 0.303. The van der Waals surface area contributed by atoms with E-state index < -0.39 is 10.0 Å². The van der Waals surface area contributed by atoms with Crippen molar-refractivity contribution in [2.75, 3.05) is 5.32 Å². The molecule has 0 bridgehead atoms. The molecular weight excluding hydrogens is 468 g/mol. The molecule has 35 heavy (non-hydrogen) atoms. The van der Waals surface area contributed by atoms with Crippen LogP contribution in [0.2, 0.25) is 0 Å². The van der Waals surface area contributed by atoms with Crippen molar-refractivity contribution in [1.82, 2.24) is 29.4 Å². The van der Waals surface area contributed by atoms with Crippen molar-refractivity contribution in [3.8, 4) is 17.1 Å². The van der Waals surface area contributed by atoms with Gasteiger partial charge in [0.15, 0.2) is 11.5 Å². The number of amides is 1. The Balaban J connectivity index is 1.45. The fourth-order valence-corrected chi connectivity index (χ4v) is 4.12. The number of hydrogen-bond donors (Lipinski definition) is 2. The van der Waals surface area contributed by atoms with Crippen LogP contribution >= 0.6 is 0 Å². The maximum Gasteiger partial charge on any atom is 0.238 e. The highest BCUT2D eigenvalue weighted by atomic mass is 32.2. The molecule has 0 aliphatic heterocycles. The lowest BCUT2D eigenvalue weighted by molar-refractivity contribution is -0.115. The van der Waals surface area contributed by atoms with Crippen LogP contribution in [0.5, 0.6) is 0 Å². The van der Waals surface area contributed by atoms with Gasteiger partial charge in [0, 0.05) is 23.1 Å². The minimum atomic E-state index is -3.81. The average Bonchev–Trinajstić information content (AvgIpc) is 3.45. The second-order valence-corrected chi connectivity index (χ2v) is 9.41. The van der Waals surface area contributed by atoms with Crippen molar-refractivity contribution >= 4 is 27.3 Å². The molecule has 1 amide bonds. The molecule has 4 heterocycles. The van der Waals surface area contributed by atoms with Crippen molar-refractivity contribution < 1.29 is 13.2 Å². The number of anilines is 1. The Morgan fingerprint density at radius 2 is 1.89 bits per heavy atom. The zero-order valence-corrected chi connectivity index (χ0v) is 19.3. The molecule has 0 saturated carbocycles. The highest BCUT2D eigenvalue weighted by Crippen LogP contribution is 2.24. The van der Waals surface area contributed by atoms with Crippen molar-refractivity contribution in [3.05, 3.63) is 84.6 Å². The summed E-state index contributed by atoms with van der Waals surface area (Å²) in [6.07, 6.45) is 3.31. The van der Waals surface area contributed by atoms with Gasteiger partial charge in [0.1, 0.15) is 6.33 Å². The summed E-state index contributed by atoms with van der Waals surface area (Å²) in [4.78, 5) is 21.4. The molecule has 0 aliphatic carbocycles. The predicted molar refractivity (Wildman–Crippen MR) is 128 cm³/mol. The molecule has 3 N–H and O–H groups in total. The van der Waals surface area contributed by atoms with Crippen LogP contribution in [0.4, 0.5) is 5.69 Å². The monoisotopic (exact) mass is 488 g/mol. The number of sulfonamides is 1. The number of pyridine rings is 2. The smallest absolute Gasteiger partial charge is 0.238 e. The Labute approximate surface area is 200 Å². The van der Waals surface area contributed by atoms with Crippen molar-refractivity contribution in [2.24, 2.45) is 5.14 Å². The lowest BCUT2D eigenvalue weighted by Crippen LogP contribution is -2.15. The lowest BCUT2D eigenvalue weighted by atomic mass is 10.1. The van der Waals surface area contributed by atoms with Crippen LogP contribution in [0.1, 0.15) is 11.4 Å². The molecule has 0 spiro atoms. The Morgan fingerprint density at radius 3 is 2.63 bits per heavy atom. The molecule has 0 aliphatic rings. The minimum Gasteiger partial charge on any atom is -0.326 e. The van der Waals surface area contributed by atoms with Gasteiger partial charge >= 0.3 is 0 Å². The first-order chi connectivity index (χ1) is 16.8. The van der Waals surface area contributed by atoms with Crippen molar-refractivity contribution in [1.29, 1.82) is 0 Å². The van der Waals surface area contributed by atoms with Crippen LogP contribution < -0.4 is 10.5 Å². The average molecular weight is 489 g/mol. The molecule has 176 valence electrons. The maximum absolute atomic E-state index is 12.7. The molecule has 1 aromatic carbocycles. The van der Waals surface area contributed by atoms with E-state index in [-0.39, 0.29) is 17.2 Å². The number of nitrogens with zero attached hydrogens (tertiary/aromatic N) is 6. The third-order valence-electron chi connectivity index (χ3n) is 5.23. The summed E-state index contributed by atoms with van der Waals surface area (Å²) in [7, 11) is -3.81. The van der Waals surface area contributed by atoms with Gasteiger partial charge in [-0.1, -0.05) is 6.07 Å². The number of aromatic nitrogens is 6. The number of nitrogens with one attached hydrogen (secondary N) is 1. The number of hydrogen-bond acceptors (Lipinski definition) is 7. The van der Waals surface area contributed by atoms with E-state index in [0.717, 1.165) is 17.0 Å². The highest BCUT2D eigenvalue weighted by Gasteiger charge is 2.16. The Hall–Kier alpha value is -4.42. The van der Waals surface area contributed by atoms with E-state index in [1.54, 1.807) is 9.20 Å². The summed E-state index contributed by atoms with van der Waals surface area (Å²) in [6, 6.07) is 16.8. The molecule has 0 unspecified atom stereocenters. The quantitative estimate of drug-likeness (QED) is 0.372. The zero-order chi connectivity index (χ0) is 24.6. The van der Waals surface area contributed by atoms with Gasteiger partial charge in [0.2, 0.25) is 15.9 Å². The van der Waals surface area contributed by atoms with Gasteiger partial charge in [0.25, 0.3) is 0 Å². The fraction of sp³-hybridized carbons (Fsp3) is 0.0870. The summed E-state index contributed by atoms with van der Waals surface area (Å²) in [6.45, 7) is 1.89. The van der Waals surface area contributed by atoms with E-state index >= 15 is 0 Å². The minimum absolute atomic E-state index is 0.00563. The summed E-state index contributed by atoms with van der Waals surface area (Å²) in [5, 5.41) is 16.7. The molecule has 0 radical (unpaired) electrons.